The summed E-state index contributed by atoms with van der Waals surface area (Å²) in [6.07, 6.45) is 2.08. The summed E-state index contributed by atoms with van der Waals surface area (Å²) in [5.74, 6) is -0.257. The molecule has 92 valence electrons. The molecule has 0 aliphatic rings. The predicted molar refractivity (Wildman–Crippen MR) is 70.2 cm³/mol. The van der Waals surface area contributed by atoms with Gasteiger partial charge in [0, 0.05) is 13.6 Å². The zero-order valence-electron chi connectivity index (χ0n) is 9.96. The van der Waals surface area contributed by atoms with Crippen LogP contribution in [0.25, 0.3) is 0 Å². The van der Waals surface area contributed by atoms with E-state index in [2.05, 4.69) is 17.6 Å². The summed E-state index contributed by atoms with van der Waals surface area (Å²) in [7, 11) is 1.54. The van der Waals surface area contributed by atoms with Gasteiger partial charge in [-0.1, -0.05) is 13.3 Å². The minimum atomic E-state index is -0.257. The van der Waals surface area contributed by atoms with Crippen LogP contribution in [0, 0.1) is 11.3 Å². The fourth-order valence-corrected chi connectivity index (χ4v) is 2.38. The Bertz CT molecular complexity index is 447. The Balaban J connectivity index is 2.98. The number of hydrogen-bond acceptors (Lipinski definition) is 5. The molecule has 6 heteroatoms. The van der Waals surface area contributed by atoms with Crippen LogP contribution in [0.5, 0.6) is 0 Å². The molecule has 0 bridgehead atoms. The molecule has 0 aliphatic heterocycles. The molecule has 5 nitrogen and oxygen atoms in total. The van der Waals surface area contributed by atoms with Gasteiger partial charge in [0.15, 0.2) is 0 Å². The van der Waals surface area contributed by atoms with Crippen molar-refractivity contribution in [2.45, 2.75) is 19.8 Å². The minimum absolute atomic E-state index is 0.257. The van der Waals surface area contributed by atoms with Gasteiger partial charge in [0.2, 0.25) is 0 Å². The summed E-state index contributed by atoms with van der Waals surface area (Å²) in [4.78, 5) is 11.9. The molecule has 1 aromatic heterocycles. The van der Waals surface area contributed by atoms with E-state index in [0.717, 1.165) is 19.4 Å². The van der Waals surface area contributed by atoms with Gasteiger partial charge in [-0.05, 0) is 6.42 Å². The maximum atomic E-state index is 11.5. The zero-order valence-corrected chi connectivity index (χ0v) is 10.8. The largest absolute Gasteiger partial charge is 0.396 e. The number of nitrogens with two attached hydrogens (primary N) is 1. The lowest BCUT2D eigenvalue weighted by molar-refractivity contribution is 0.0968. The van der Waals surface area contributed by atoms with Crippen molar-refractivity contribution >= 4 is 27.9 Å². The maximum absolute atomic E-state index is 11.5. The van der Waals surface area contributed by atoms with Crippen LogP contribution in [0.15, 0.2) is 0 Å². The van der Waals surface area contributed by atoms with Crippen molar-refractivity contribution in [1.82, 2.24) is 5.32 Å². The molecule has 1 amide bonds. The van der Waals surface area contributed by atoms with Crippen LogP contribution in [0.2, 0.25) is 0 Å². The number of carbonyl (C=O) groups excluding carboxylic acids is 1. The highest BCUT2D eigenvalue weighted by atomic mass is 32.1. The maximum Gasteiger partial charge on any atom is 0.263 e. The Morgan fingerprint density at radius 2 is 2.29 bits per heavy atom. The van der Waals surface area contributed by atoms with Gasteiger partial charge in [-0.25, -0.2) is 0 Å². The monoisotopic (exact) mass is 252 g/mol. The van der Waals surface area contributed by atoms with Gasteiger partial charge in [-0.2, -0.15) is 5.26 Å². The molecule has 0 spiro atoms. The zero-order chi connectivity index (χ0) is 12.8. The van der Waals surface area contributed by atoms with Crippen molar-refractivity contribution < 1.29 is 4.79 Å². The second-order valence-corrected chi connectivity index (χ2v) is 4.54. The van der Waals surface area contributed by atoms with Crippen LogP contribution in [0.4, 0.5) is 10.7 Å². The fourth-order valence-electron chi connectivity index (χ4n) is 1.34. The Hall–Kier alpha value is -1.74. The highest BCUT2D eigenvalue weighted by molar-refractivity contribution is 7.18. The van der Waals surface area contributed by atoms with Gasteiger partial charge in [0.1, 0.15) is 21.5 Å². The number of unbranched alkanes of at least 4 members (excludes halogenated alkanes) is 1. The molecule has 0 saturated carbocycles. The topological polar surface area (TPSA) is 90.9 Å². The SMILES string of the molecule is CCCCNc1sc(C(=O)NC)c(N)c1C#N. The highest BCUT2D eigenvalue weighted by Gasteiger charge is 2.19. The highest BCUT2D eigenvalue weighted by Crippen LogP contribution is 2.34. The van der Waals surface area contributed by atoms with Crippen LogP contribution in [-0.2, 0) is 0 Å². The first-order valence-corrected chi connectivity index (χ1v) is 6.25. The third kappa shape index (κ3) is 2.88. The predicted octanol–water partition coefficient (Wildman–Crippen LogP) is 1.77. The number of rotatable bonds is 5. The van der Waals surface area contributed by atoms with Gasteiger partial charge in [0.05, 0.1) is 5.69 Å². The van der Waals surface area contributed by atoms with Crippen molar-refractivity contribution in [2.75, 3.05) is 24.6 Å². The third-order valence-electron chi connectivity index (χ3n) is 2.31. The van der Waals surface area contributed by atoms with Gasteiger partial charge in [-0.15, -0.1) is 11.3 Å². The average molecular weight is 252 g/mol. The van der Waals surface area contributed by atoms with Crippen molar-refractivity contribution in [3.05, 3.63) is 10.4 Å². The van der Waals surface area contributed by atoms with E-state index in [1.807, 2.05) is 6.07 Å². The van der Waals surface area contributed by atoms with Crippen molar-refractivity contribution in [3.8, 4) is 6.07 Å². The van der Waals surface area contributed by atoms with E-state index in [-0.39, 0.29) is 11.6 Å². The summed E-state index contributed by atoms with van der Waals surface area (Å²) < 4.78 is 0. The molecular weight excluding hydrogens is 236 g/mol. The van der Waals surface area contributed by atoms with Crippen molar-refractivity contribution in [2.24, 2.45) is 0 Å². The summed E-state index contributed by atoms with van der Waals surface area (Å²) >= 11 is 1.22. The van der Waals surface area contributed by atoms with E-state index in [0.29, 0.717) is 15.4 Å². The molecule has 0 atom stereocenters. The molecule has 0 radical (unpaired) electrons. The Kier molecular flexibility index (Phi) is 4.79. The first-order valence-electron chi connectivity index (χ1n) is 5.44. The summed E-state index contributed by atoms with van der Waals surface area (Å²) in [5, 5.41) is 15.4. The number of nitriles is 1. The van der Waals surface area contributed by atoms with E-state index in [1.54, 1.807) is 0 Å². The van der Waals surface area contributed by atoms with Crippen LogP contribution >= 0.6 is 11.3 Å². The third-order valence-corrected chi connectivity index (χ3v) is 3.47. The fraction of sp³-hybridized carbons (Fsp3) is 0.455. The number of anilines is 2. The van der Waals surface area contributed by atoms with Crippen molar-refractivity contribution in [1.29, 1.82) is 5.26 Å². The van der Waals surface area contributed by atoms with Crippen LogP contribution < -0.4 is 16.4 Å². The van der Waals surface area contributed by atoms with E-state index >= 15 is 0 Å². The molecular formula is C11H16N4OS. The molecule has 0 unspecified atom stereocenters. The van der Waals surface area contributed by atoms with Crippen molar-refractivity contribution in [3.63, 3.8) is 0 Å². The van der Waals surface area contributed by atoms with E-state index in [9.17, 15) is 4.79 Å². The number of carbonyl (C=O) groups is 1. The first kappa shape index (κ1) is 13.3. The molecule has 4 N–H and O–H groups in total. The molecule has 0 saturated heterocycles. The lowest BCUT2D eigenvalue weighted by atomic mass is 10.2. The average Bonchev–Trinajstić information content (AvgIpc) is 2.65. The van der Waals surface area contributed by atoms with E-state index in [1.165, 1.54) is 18.4 Å². The summed E-state index contributed by atoms with van der Waals surface area (Å²) in [6, 6.07) is 2.03. The van der Waals surface area contributed by atoms with E-state index < -0.39 is 0 Å². The first-order chi connectivity index (χ1) is 8.15. The standard InChI is InChI=1S/C11H16N4OS/c1-3-4-5-15-11-7(6-12)8(13)9(17-11)10(16)14-2/h15H,3-5,13H2,1-2H3,(H,14,16). The Morgan fingerprint density at radius 1 is 1.59 bits per heavy atom. The number of hydrogen-bond donors (Lipinski definition) is 3. The number of thiophene rings is 1. The number of nitrogen functional groups attached to an aromatic ring is 1. The number of nitrogens with one attached hydrogen (secondary N) is 2. The number of amides is 1. The van der Waals surface area contributed by atoms with Crippen LogP contribution in [0.1, 0.15) is 35.0 Å². The lowest BCUT2D eigenvalue weighted by Gasteiger charge is -2.01. The quantitative estimate of drug-likeness (QED) is 0.696. The molecule has 1 rings (SSSR count). The molecule has 17 heavy (non-hydrogen) atoms. The summed E-state index contributed by atoms with van der Waals surface area (Å²) in [6.45, 7) is 2.87. The van der Waals surface area contributed by atoms with E-state index in [4.69, 9.17) is 11.0 Å². The van der Waals surface area contributed by atoms with Crippen LogP contribution in [0.3, 0.4) is 0 Å². The van der Waals surface area contributed by atoms with Gasteiger partial charge < -0.3 is 16.4 Å². The van der Waals surface area contributed by atoms with Gasteiger partial charge in [-0.3, -0.25) is 4.79 Å². The lowest BCUT2D eigenvalue weighted by Crippen LogP contribution is -2.17. The smallest absolute Gasteiger partial charge is 0.263 e. The molecule has 1 heterocycles. The van der Waals surface area contributed by atoms with Gasteiger partial charge in [0.25, 0.3) is 5.91 Å². The molecule has 1 aromatic rings. The second kappa shape index (κ2) is 6.11. The molecule has 0 aliphatic carbocycles. The van der Waals surface area contributed by atoms with Gasteiger partial charge >= 0.3 is 0 Å². The molecule has 0 aromatic carbocycles. The number of nitrogens with zero attached hydrogens (tertiary/aromatic N) is 1. The van der Waals surface area contributed by atoms with Crippen LogP contribution in [-0.4, -0.2) is 19.5 Å². The second-order valence-electron chi connectivity index (χ2n) is 3.52. The summed E-state index contributed by atoms with van der Waals surface area (Å²) in [5.41, 5.74) is 6.41. The molecule has 0 fully saturated rings. The Morgan fingerprint density at radius 3 is 2.82 bits per heavy atom. The Labute approximate surface area is 105 Å². The normalized spacial score (nSPS) is 9.71. The minimum Gasteiger partial charge on any atom is -0.396 e.